The number of carbonyl (C=O) groups is 1. The minimum Gasteiger partial charge on any atom is -0.463 e. The molecule has 1 unspecified atom stereocenters. The van der Waals surface area contributed by atoms with Crippen LogP contribution in [0.1, 0.15) is 130 Å². The highest BCUT2D eigenvalue weighted by atomic mass is 16.5. The van der Waals surface area contributed by atoms with Gasteiger partial charge in [0.1, 0.15) is 0 Å². The highest BCUT2D eigenvalue weighted by Gasteiger charge is 2.08. The Bertz CT molecular complexity index is 263. The normalized spacial score (nSPS) is 12.3. The fourth-order valence-electron chi connectivity index (χ4n) is 3.13. The molecule has 0 spiro atoms. The maximum absolute atomic E-state index is 11.6. The molecule has 0 aromatic heterocycles. The summed E-state index contributed by atoms with van der Waals surface area (Å²) in [6.07, 6.45) is 21.5. The van der Waals surface area contributed by atoms with Crippen molar-refractivity contribution in [3.63, 3.8) is 0 Å². The molecule has 0 saturated heterocycles. The van der Waals surface area contributed by atoms with Gasteiger partial charge in [-0.2, -0.15) is 0 Å². The van der Waals surface area contributed by atoms with Gasteiger partial charge in [-0.05, 0) is 26.2 Å². The molecule has 2 nitrogen and oxygen atoms in total. The predicted molar refractivity (Wildman–Crippen MR) is 105 cm³/mol. The van der Waals surface area contributed by atoms with Crippen LogP contribution in [0.3, 0.4) is 0 Å². The van der Waals surface area contributed by atoms with E-state index in [1.54, 1.807) is 0 Å². The molecule has 0 rings (SSSR count). The van der Waals surface area contributed by atoms with E-state index >= 15 is 0 Å². The topological polar surface area (TPSA) is 26.3 Å². The van der Waals surface area contributed by atoms with E-state index in [0.717, 1.165) is 25.7 Å². The van der Waals surface area contributed by atoms with Crippen LogP contribution in [0.5, 0.6) is 0 Å². The Hall–Kier alpha value is -0.530. The second kappa shape index (κ2) is 18.8. The third-order valence-electron chi connectivity index (χ3n) is 4.78. The quantitative estimate of drug-likeness (QED) is 0.190. The average Bonchev–Trinajstić information content (AvgIpc) is 2.56. The summed E-state index contributed by atoms with van der Waals surface area (Å²) in [6, 6.07) is 0. The molecule has 1 atom stereocenters. The van der Waals surface area contributed by atoms with Gasteiger partial charge in [-0.25, -0.2) is 0 Å². The van der Waals surface area contributed by atoms with Crippen molar-refractivity contribution in [3.8, 4) is 0 Å². The van der Waals surface area contributed by atoms with Crippen LogP contribution in [0.25, 0.3) is 0 Å². The van der Waals surface area contributed by atoms with Crippen molar-refractivity contribution in [1.82, 2.24) is 0 Å². The first-order chi connectivity index (χ1) is 11.7. The monoisotopic (exact) mass is 340 g/mol. The zero-order valence-corrected chi connectivity index (χ0v) is 16.9. The molecule has 0 aliphatic heterocycles. The van der Waals surface area contributed by atoms with Crippen LogP contribution < -0.4 is 0 Å². The van der Waals surface area contributed by atoms with Crippen LogP contribution in [0, 0.1) is 0 Å². The molecule has 0 bridgehead atoms. The third kappa shape index (κ3) is 17.8. The van der Waals surface area contributed by atoms with Crippen molar-refractivity contribution in [2.75, 3.05) is 0 Å². The van der Waals surface area contributed by atoms with E-state index in [9.17, 15) is 4.79 Å². The second-order valence-electron chi connectivity index (χ2n) is 7.44. The van der Waals surface area contributed by atoms with Gasteiger partial charge in [-0.15, -0.1) is 0 Å². The molecule has 0 aliphatic rings. The van der Waals surface area contributed by atoms with Gasteiger partial charge in [0.25, 0.3) is 0 Å². The summed E-state index contributed by atoms with van der Waals surface area (Å²) in [5, 5.41) is 0. The molecule has 144 valence electrons. The van der Waals surface area contributed by atoms with Gasteiger partial charge in [0.2, 0.25) is 0 Å². The number of ether oxygens (including phenoxy) is 1. The van der Waals surface area contributed by atoms with Crippen molar-refractivity contribution in [2.45, 2.75) is 136 Å². The molecule has 0 heterocycles. The van der Waals surface area contributed by atoms with E-state index in [4.69, 9.17) is 4.74 Å². The zero-order valence-electron chi connectivity index (χ0n) is 16.9. The van der Waals surface area contributed by atoms with Gasteiger partial charge in [0.15, 0.2) is 0 Å². The Morgan fingerprint density at radius 2 is 1.08 bits per heavy atom. The van der Waals surface area contributed by atoms with Gasteiger partial charge >= 0.3 is 5.97 Å². The summed E-state index contributed by atoms with van der Waals surface area (Å²) in [7, 11) is 0. The molecule has 24 heavy (non-hydrogen) atoms. The smallest absolute Gasteiger partial charge is 0.306 e. The highest BCUT2D eigenvalue weighted by Crippen LogP contribution is 2.14. The Kier molecular flexibility index (Phi) is 18.4. The largest absolute Gasteiger partial charge is 0.463 e. The molecule has 2 heteroatoms. The lowest BCUT2D eigenvalue weighted by Crippen LogP contribution is -2.14. The van der Waals surface area contributed by atoms with Gasteiger partial charge in [-0.1, -0.05) is 97.3 Å². The zero-order chi connectivity index (χ0) is 17.9. The maximum atomic E-state index is 11.6. The minimum absolute atomic E-state index is 0.00473. The van der Waals surface area contributed by atoms with E-state index in [1.165, 1.54) is 77.0 Å². The van der Waals surface area contributed by atoms with Crippen molar-refractivity contribution in [3.05, 3.63) is 0 Å². The summed E-state index contributed by atoms with van der Waals surface area (Å²) in [6.45, 7) is 6.47. The first-order valence-electron chi connectivity index (χ1n) is 10.9. The van der Waals surface area contributed by atoms with Crippen molar-refractivity contribution in [1.29, 1.82) is 0 Å². The molecule has 0 aromatic rings. The van der Waals surface area contributed by atoms with E-state index in [2.05, 4.69) is 13.8 Å². The molecule has 0 radical (unpaired) electrons. The lowest BCUT2D eigenvalue weighted by molar-refractivity contribution is -0.148. The number of hydrogen-bond acceptors (Lipinski definition) is 2. The SMILES string of the molecule is CCCCCCCCCCCCCCC(C)OC(=O)CCCCC. The molecule has 0 fully saturated rings. The first-order valence-corrected chi connectivity index (χ1v) is 10.9. The Balaban J connectivity index is 3.24. The molecule has 0 aliphatic carbocycles. The molecule has 0 N–H and O–H groups in total. The lowest BCUT2D eigenvalue weighted by Gasteiger charge is -2.13. The van der Waals surface area contributed by atoms with Gasteiger partial charge in [-0.3, -0.25) is 4.79 Å². The van der Waals surface area contributed by atoms with E-state index < -0.39 is 0 Å². The van der Waals surface area contributed by atoms with Gasteiger partial charge in [0, 0.05) is 6.42 Å². The number of hydrogen-bond donors (Lipinski definition) is 0. The first kappa shape index (κ1) is 23.5. The molecule has 0 amide bonds. The summed E-state index contributed by atoms with van der Waals surface area (Å²) in [4.78, 5) is 11.6. The molecule has 0 saturated carbocycles. The van der Waals surface area contributed by atoms with Gasteiger partial charge < -0.3 is 4.74 Å². The maximum Gasteiger partial charge on any atom is 0.306 e. The Labute approximate surface area is 152 Å². The lowest BCUT2D eigenvalue weighted by atomic mass is 10.0. The fourth-order valence-corrected chi connectivity index (χ4v) is 3.13. The van der Waals surface area contributed by atoms with E-state index in [0.29, 0.717) is 6.42 Å². The molecule has 0 aromatic carbocycles. The number of rotatable bonds is 18. The van der Waals surface area contributed by atoms with Crippen LogP contribution in [0.15, 0.2) is 0 Å². The summed E-state index contributed by atoms with van der Waals surface area (Å²) >= 11 is 0. The number of carbonyl (C=O) groups excluding carboxylic acids is 1. The second-order valence-corrected chi connectivity index (χ2v) is 7.44. The fraction of sp³-hybridized carbons (Fsp3) is 0.955. The summed E-state index contributed by atoms with van der Waals surface area (Å²) in [5.74, 6) is -0.00473. The summed E-state index contributed by atoms with van der Waals surface area (Å²) < 4.78 is 5.46. The Morgan fingerprint density at radius 3 is 1.58 bits per heavy atom. The van der Waals surface area contributed by atoms with Crippen molar-refractivity contribution >= 4 is 5.97 Å². The molecular formula is C22H44O2. The van der Waals surface area contributed by atoms with Gasteiger partial charge in [0.05, 0.1) is 6.10 Å². The van der Waals surface area contributed by atoms with Crippen LogP contribution in [0.4, 0.5) is 0 Å². The third-order valence-corrected chi connectivity index (χ3v) is 4.78. The number of unbranched alkanes of at least 4 members (excludes halogenated alkanes) is 13. The van der Waals surface area contributed by atoms with Crippen LogP contribution in [-0.2, 0) is 9.53 Å². The minimum atomic E-state index is -0.00473. The molecular weight excluding hydrogens is 296 g/mol. The highest BCUT2D eigenvalue weighted by molar-refractivity contribution is 5.69. The van der Waals surface area contributed by atoms with Crippen molar-refractivity contribution < 1.29 is 9.53 Å². The standard InChI is InChI=1S/C22H44O2/c1-4-6-8-9-10-11-12-13-14-15-16-18-19-21(3)24-22(23)20-17-7-5-2/h21H,4-20H2,1-3H3. The van der Waals surface area contributed by atoms with Crippen LogP contribution >= 0.6 is 0 Å². The van der Waals surface area contributed by atoms with E-state index in [-0.39, 0.29) is 12.1 Å². The summed E-state index contributed by atoms with van der Waals surface area (Å²) in [5.41, 5.74) is 0. The average molecular weight is 341 g/mol. The number of esters is 1. The Morgan fingerprint density at radius 1 is 0.667 bits per heavy atom. The van der Waals surface area contributed by atoms with E-state index in [1.807, 2.05) is 6.92 Å². The van der Waals surface area contributed by atoms with Crippen LogP contribution in [0.2, 0.25) is 0 Å². The van der Waals surface area contributed by atoms with Crippen LogP contribution in [-0.4, -0.2) is 12.1 Å². The van der Waals surface area contributed by atoms with Crippen molar-refractivity contribution in [2.24, 2.45) is 0 Å². The predicted octanol–water partition coefficient (Wildman–Crippen LogP) is 7.59.